The number of benzene rings is 3. The molecule has 4 rings (SSSR count). The Kier molecular flexibility index (Phi) is 3.90. The lowest BCUT2D eigenvalue weighted by Gasteiger charge is -2.29. The maximum atomic E-state index is 11.8. The van der Waals surface area contributed by atoms with Gasteiger partial charge in [-0.3, -0.25) is 0 Å². The van der Waals surface area contributed by atoms with E-state index in [0.29, 0.717) is 6.42 Å². The van der Waals surface area contributed by atoms with Crippen LogP contribution in [0.4, 0.5) is 0 Å². The van der Waals surface area contributed by atoms with E-state index in [1.807, 2.05) is 66.7 Å². The molecular formula is C23H21NO. The van der Waals surface area contributed by atoms with E-state index in [1.54, 1.807) is 0 Å². The van der Waals surface area contributed by atoms with Gasteiger partial charge in [0.2, 0.25) is 0 Å². The first-order chi connectivity index (χ1) is 12.2. The standard InChI is InChI=1S/C23H21NO/c1-24-17-18(21-14-8-9-15-22(21)24)16-23(25,19-10-4-2-5-11-19)20-12-6-3-7-13-20/h2-15,17,25H,16H2,1H3. The van der Waals surface area contributed by atoms with Gasteiger partial charge in [0.05, 0.1) is 0 Å². The summed E-state index contributed by atoms with van der Waals surface area (Å²) in [4.78, 5) is 0. The molecule has 0 bridgehead atoms. The average molecular weight is 327 g/mol. The molecule has 3 aromatic carbocycles. The van der Waals surface area contributed by atoms with Gasteiger partial charge >= 0.3 is 0 Å². The summed E-state index contributed by atoms with van der Waals surface area (Å²) in [6.45, 7) is 0. The summed E-state index contributed by atoms with van der Waals surface area (Å²) in [5.74, 6) is 0. The zero-order chi connectivity index (χ0) is 17.3. The second kappa shape index (κ2) is 6.23. The fraction of sp³-hybridized carbons (Fsp3) is 0.130. The highest BCUT2D eigenvalue weighted by molar-refractivity contribution is 5.84. The van der Waals surface area contributed by atoms with Crippen molar-refractivity contribution in [2.75, 3.05) is 0 Å². The predicted octanol–water partition coefficient (Wildman–Crippen LogP) is 4.66. The molecule has 2 heteroatoms. The number of hydrogen-bond acceptors (Lipinski definition) is 1. The predicted molar refractivity (Wildman–Crippen MR) is 103 cm³/mol. The summed E-state index contributed by atoms with van der Waals surface area (Å²) in [6, 6.07) is 28.2. The first kappa shape index (κ1) is 15.7. The molecule has 0 spiro atoms. The first-order valence-electron chi connectivity index (χ1n) is 8.55. The van der Waals surface area contributed by atoms with Crippen LogP contribution in [0.5, 0.6) is 0 Å². The van der Waals surface area contributed by atoms with Crippen LogP contribution in [-0.2, 0) is 19.1 Å². The number of hydrogen-bond donors (Lipinski definition) is 1. The van der Waals surface area contributed by atoms with Crippen LogP contribution in [0.15, 0.2) is 91.1 Å². The van der Waals surface area contributed by atoms with E-state index < -0.39 is 5.60 Å². The molecule has 1 heterocycles. The summed E-state index contributed by atoms with van der Waals surface area (Å²) in [6.07, 6.45) is 2.66. The monoisotopic (exact) mass is 327 g/mol. The summed E-state index contributed by atoms with van der Waals surface area (Å²) in [7, 11) is 2.05. The van der Waals surface area contributed by atoms with Crippen molar-refractivity contribution >= 4 is 10.9 Å². The third kappa shape index (κ3) is 2.75. The molecule has 0 saturated carbocycles. The molecule has 0 amide bonds. The molecule has 2 nitrogen and oxygen atoms in total. The Labute approximate surface area is 148 Å². The number of aromatic nitrogens is 1. The largest absolute Gasteiger partial charge is 0.380 e. The molecule has 4 aromatic rings. The smallest absolute Gasteiger partial charge is 0.119 e. The number of aliphatic hydroxyl groups is 1. The Morgan fingerprint density at radius 3 is 1.88 bits per heavy atom. The van der Waals surface area contributed by atoms with E-state index in [-0.39, 0.29) is 0 Å². The zero-order valence-corrected chi connectivity index (χ0v) is 14.3. The van der Waals surface area contributed by atoms with Gasteiger partial charge < -0.3 is 9.67 Å². The minimum Gasteiger partial charge on any atom is -0.380 e. The molecule has 0 unspecified atom stereocenters. The molecular weight excluding hydrogens is 306 g/mol. The van der Waals surface area contributed by atoms with Crippen LogP contribution in [0.25, 0.3) is 10.9 Å². The minimum absolute atomic E-state index is 0.530. The van der Waals surface area contributed by atoms with E-state index in [9.17, 15) is 5.11 Å². The van der Waals surface area contributed by atoms with E-state index in [1.165, 1.54) is 10.9 Å². The number of rotatable bonds is 4. The molecule has 1 N–H and O–H groups in total. The molecule has 1 aromatic heterocycles. The molecule has 0 aliphatic rings. The van der Waals surface area contributed by atoms with Gasteiger partial charge in [-0.2, -0.15) is 0 Å². The van der Waals surface area contributed by atoms with Crippen molar-refractivity contribution in [3.8, 4) is 0 Å². The Hall–Kier alpha value is -2.84. The van der Waals surface area contributed by atoms with Gasteiger partial charge in [-0.15, -0.1) is 0 Å². The van der Waals surface area contributed by atoms with Crippen LogP contribution in [0.1, 0.15) is 16.7 Å². The van der Waals surface area contributed by atoms with Crippen molar-refractivity contribution in [2.45, 2.75) is 12.0 Å². The second-order valence-electron chi connectivity index (χ2n) is 6.55. The van der Waals surface area contributed by atoms with Gasteiger partial charge in [-0.1, -0.05) is 78.9 Å². The number of fused-ring (bicyclic) bond motifs is 1. The van der Waals surface area contributed by atoms with Gasteiger partial charge in [0, 0.05) is 30.6 Å². The van der Waals surface area contributed by atoms with Crippen molar-refractivity contribution in [3.05, 3.63) is 108 Å². The van der Waals surface area contributed by atoms with Gasteiger partial charge in [0.1, 0.15) is 5.60 Å². The fourth-order valence-electron chi connectivity index (χ4n) is 3.64. The third-order valence-electron chi connectivity index (χ3n) is 4.93. The van der Waals surface area contributed by atoms with Crippen LogP contribution in [0.2, 0.25) is 0 Å². The molecule has 0 saturated heterocycles. The summed E-state index contributed by atoms with van der Waals surface area (Å²) >= 11 is 0. The summed E-state index contributed by atoms with van der Waals surface area (Å²) in [5, 5.41) is 13.0. The summed E-state index contributed by atoms with van der Waals surface area (Å²) < 4.78 is 2.13. The van der Waals surface area contributed by atoms with Crippen LogP contribution >= 0.6 is 0 Å². The topological polar surface area (TPSA) is 25.2 Å². The Bertz CT molecular complexity index is 947. The molecule has 124 valence electrons. The SMILES string of the molecule is Cn1cc(CC(O)(c2ccccc2)c2ccccc2)c2ccccc21. The van der Waals surface area contributed by atoms with E-state index in [4.69, 9.17) is 0 Å². The highest BCUT2D eigenvalue weighted by Gasteiger charge is 2.32. The zero-order valence-electron chi connectivity index (χ0n) is 14.3. The van der Waals surface area contributed by atoms with Crippen LogP contribution in [0, 0.1) is 0 Å². The highest BCUT2D eigenvalue weighted by atomic mass is 16.3. The quantitative estimate of drug-likeness (QED) is 0.579. The lowest BCUT2D eigenvalue weighted by Crippen LogP contribution is -2.30. The lowest BCUT2D eigenvalue weighted by atomic mass is 9.81. The Morgan fingerprint density at radius 1 is 0.760 bits per heavy atom. The average Bonchev–Trinajstić information content (AvgIpc) is 2.99. The molecule has 0 aliphatic heterocycles. The van der Waals surface area contributed by atoms with Crippen LogP contribution in [0.3, 0.4) is 0 Å². The van der Waals surface area contributed by atoms with Crippen molar-refractivity contribution in [1.29, 1.82) is 0 Å². The molecule has 25 heavy (non-hydrogen) atoms. The molecule has 0 aliphatic carbocycles. The molecule has 0 atom stereocenters. The van der Waals surface area contributed by atoms with Gasteiger partial charge in [0.15, 0.2) is 0 Å². The van der Waals surface area contributed by atoms with Gasteiger partial charge in [0.25, 0.3) is 0 Å². The minimum atomic E-state index is -1.06. The van der Waals surface area contributed by atoms with Crippen LogP contribution < -0.4 is 0 Å². The number of nitrogens with zero attached hydrogens (tertiary/aromatic N) is 1. The van der Waals surface area contributed by atoms with Crippen molar-refractivity contribution in [2.24, 2.45) is 7.05 Å². The third-order valence-corrected chi connectivity index (χ3v) is 4.93. The summed E-state index contributed by atoms with van der Waals surface area (Å²) in [5.41, 5.74) is 3.09. The second-order valence-corrected chi connectivity index (χ2v) is 6.55. The van der Waals surface area contributed by atoms with Crippen LogP contribution in [-0.4, -0.2) is 9.67 Å². The highest BCUT2D eigenvalue weighted by Crippen LogP contribution is 2.35. The van der Waals surface area contributed by atoms with Gasteiger partial charge in [-0.05, 0) is 22.8 Å². The number of para-hydroxylation sites is 1. The Morgan fingerprint density at radius 2 is 1.28 bits per heavy atom. The normalized spacial score (nSPS) is 11.8. The first-order valence-corrected chi connectivity index (χ1v) is 8.55. The Balaban J connectivity index is 1.87. The molecule has 0 radical (unpaired) electrons. The maximum absolute atomic E-state index is 11.8. The lowest BCUT2D eigenvalue weighted by molar-refractivity contribution is 0.0814. The van der Waals surface area contributed by atoms with E-state index >= 15 is 0 Å². The maximum Gasteiger partial charge on any atom is 0.119 e. The molecule has 0 fully saturated rings. The van der Waals surface area contributed by atoms with Crippen molar-refractivity contribution in [3.63, 3.8) is 0 Å². The van der Waals surface area contributed by atoms with E-state index in [2.05, 4.69) is 36.0 Å². The van der Waals surface area contributed by atoms with Crippen molar-refractivity contribution in [1.82, 2.24) is 4.57 Å². The van der Waals surface area contributed by atoms with E-state index in [0.717, 1.165) is 16.7 Å². The number of aryl methyl sites for hydroxylation is 1. The van der Waals surface area contributed by atoms with Crippen molar-refractivity contribution < 1.29 is 5.11 Å². The fourth-order valence-corrected chi connectivity index (χ4v) is 3.64. The van der Waals surface area contributed by atoms with Gasteiger partial charge in [-0.25, -0.2) is 0 Å².